The molecule has 1 amide bonds. The van der Waals surface area contributed by atoms with Gasteiger partial charge in [0.1, 0.15) is 11.9 Å². The molecular weight excluding hydrogens is 350 g/mol. The van der Waals surface area contributed by atoms with Crippen LogP contribution in [0.1, 0.15) is 38.9 Å². The molecule has 1 N–H and O–H groups in total. The van der Waals surface area contributed by atoms with Crippen LogP contribution in [0.15, 0.2) is 60.8 Å². The van der Waals surface area contributed by atoms with Gasteiger partial charge in [0, 0.05) is 18.4 Å². The first-order valence-electron chi connectivity index (χ1n) is 9.29. The number of ether oxygens (including phenoxy) is 1. The predicted octanol–water partition coefficient (Wildman–Crippen LogP) is 4.47. The SMILES string of the molecule is COc1ccc(CN2C(=O)c3cccnc3[C@H]2Nc2cc(C)ccc2C)cc1. The quantitative estimate of drug-likeness (QED) is 0.717. The number of aromatic nitrogens is 1. The zero-order valence-electron chi connectivity index (χ0n) is 16.3. The number of carbonyl (C=O) groups excluding carboxylic acids is 1. The zero-order chi connectivity index (χ0) is 19.7. The van der Waals surface area contributed by atoms with Crippen LogP contribution in [-0.2, 0) is 6.54 Å². The van der Waals surface area contributed by atoms with Crippen LogP contribution in [0.25, 0.3) is 0 Å². The largest absolute Gasteiger partial charge is 0.497 e. The smallest absolute Gasteiger partial charge is 0.258 e. The lowest BCUT2D eigenvalue weighted by Gasteiger charge is -2.27. The molecule has 0 fully saturated rings. The Balaban J connectivity index is 1.68. The molecule has 1 aliphatic heterocycles. The first-order valence-corrected chi connectivity index (χ1v) is 9.29. The maximum absolute atomic E-state index is 13.1. The van der Waals surface area contributed by atoms with Gasteiger partial charge in [0.15, 0.2) is 0 Å². The summed E-state index contributed by atoms with van der Waals surface area (Å²) >= 11 is 0. The van der Waals surface area contributed by atoms with Crippen LogP contribution in [0.2, 0.25) is 0 Å². The van der Waals surface area contributed by atoms with Crippen molar-refractivity contribution in [1.82, 2.24) is 9.88 Å². The van der Waals surface area contributed by atoms with Crippen molar-refractivity contribution in [2.75, 3.05) is 12.4 Å². The first-order chi connectivity index (χ1) is 13.6. The summed E-state index contributed by atoms with van der Waals surface area (Å²) in [7, 11) is 1.64. The number of fused-ring (bicyclic) bond motifs is 1. The van der Waals surface area contributed by atoms with E-state index in [1.807, 2.05) is 41.3 Å². The minimum absolute atomic E-state index is 0.0123. The van der Waals surface area contributed by atoms with Crippen LogP contribution in [0.4, 0.5) is 5.69 Å². The lowest BCUT2D eigenvalue weighted by molar-refractivity contribution is 0.0727. The number of pyridine rings is 1. The van der Waals surface area contributed by atoms with E-state index in [0.29, 0.717) is 12.1 Å². The predicted molar refractivity (Wildman–Crippen MR) is 109 cm³/mol. The molecule has 0 bridgehead atoms. The Morgan fingerprint density at radius 2 is 1.89 bits per heavy atom. The van der Waals surface area contributed by atoms with Gasteiger partial charge in [-0.3, -0.25) is 9.78 Å². The fraction of sp³-hybridized carbons (Fsp3) is 0.217. The molecule has 0 unspecified atom stereocenters. The van der Waals surface area contributed by atoms with E-state index in [9.17, 15) is 4.79 Å². The number of hydrogen-bond acceptors (Lipinski definition) is 4. The highest BCUT2D eigenvalue weighted by Gasteiger charge is 2.38. The van der Waals surface area contributed by atoms with E-state index in [2.05, 4.69) is 42.3 Å². The highest BCUT2D eigenvalue weighted by molar-refractivity contribution is 5.99. The van der Waals surface area contributed by atoms with Crippen LogP contribution < -0.4 is 10.1 Å². The summed E-state index contributed by atoms with van der Waals surface area (Å²) in [6, 6.07) is 17.7. The minimum Gasteiger partial charge on any atom is -0.497 e. The molecule has 142 valence electrons. The highest BCUT2D eigenvalue weighted by Crippen LogP contribution is 2.35. The third-order valence-electron chi connectivity index (χ3n) is 5.10. The maximum atomic E-state index is 13.1. The normalized spacial score (nSPS) is 15.5. The number of methoxy groups -OCH3 is 1. The van der Waals surface area contributed by atoms with Crippen LogP contribution in [0.3, 0.4) is 0 Å². The Kier molecular flexibility index (Phi) is 4.74. The summed E-state index contributed by atoms with van der Waals surface area (Å²) in [5.74, 6) is 0.785. The summed E-state index contributed by atoms with van der Waals surface area (Å²) < 4.78 is 5.23. The summed E-state index contributed by atoms with van der Waals surface area (Å²) in [5.41, 5.74) is 5.76. The fourth-order valence-corrected chi connectivity index (χ4v) is 3.51. The second kappa shape index (κ2) is 7.35. The van der Waals surface area contributed by atoms with Crippen LogP contribution in [-0.4, -0.2) is 22.9 Å². The van der Waals surface area contributed by atoms with Gasteiger partial charge >= 0.3 is 0 Å². The third-order valence-corrected chi connectivity index (χ3v) is 5.10. The number of anilines is 1. The summed E-state index contributed by atoms with van der Waals surface area (Å²) in [6.07, 6.45) is 1.42. The van der Waals surface area contributed by atoms with E-state index < -0.39 is 0 Å². The second-order valence-electron chi connectivity index (χ2n) is 7.08. The Morgan fingerprint density at radius 1 is 1.11 bits per heavy atom. The number of nitrogens with zero attached hydrogens (tertiary/aromatic N) is 2. The molecule has 1 aromatic heterocycles. The van der Waals surface area contributed by atoms with Crippen molar-refractivity contribution in [2.45, 2.75) is 26.6 Å². The van der Waals surface area contributed by atoms with Crippen molar-refractivity contribution in [3.05, 3.63) is 88.7 Å². The molecule has 2 heterocycles. The third kappa shape index (κ3) is 3.31. The monoisotopic (exact) mass is 373 g/mol. The van der Waals surface area contributed by atoms with E-state index in [0.717, 1.165) is 28.3 Å². The second-order valence-corrected chi connectivity index (χ2v) is 7.08. The molecule has 28 heavy (non-hydrogen) atoms. The van der Waals surface area contributed by atoms with Crippen LogP contribution in [0, 0.1) is 13.8 Å². The Morgan fingerprint density at radius 3 is 2.64 bits per heavy atom. The van der Waals surface area contributed by atoms with Crippen molar-refractivity contribution < 1.29 is 9.53 Å². The average molecular weight is 373 g/mol. The molecule has 0 radical (unpaired) electrons. The molecule has 0 saturated heterocycles. The Labute approximate surface area is 165 Å². The highest BCUT2D eigenvalue weighted by atomic mass is 16.5. The van der Waals surface area contributed by atoms with Crippen molar-refractivity contribution in [2.24, 2.45) is 0 Å². The molecule has 1 aliphatic rings. The van der Waals surface area contributed by atoms with Crippen molar-refractivity contribution >= 4 is 11.6 Å². The summed E-state index contributed by atoms with van der Waals surface area (Å²) in [4.78, 5) is 19.4. The van der Waals surface area contributed by atoms with E-state index >= 15 is 0 Å². The number of rotatable bonds is 5. The summed E-state index contributed by atoms with van der Waals surface area (Å²) in [6.45, 7) is 4.61. The van der Waals surface area contributed by atoms with Crippen LogP contribution in [0.5, 0.6) is 5.75 Å². The van der Waals surface area contributed by atoms with E-state index in [4.69, 9.17) is 4.74 Å². The fourth-order valence-electron chi connectivity index (χ4n) is 3.51. The van der Waals surface area contributed by atoms with Gasteiger partial charge in [-0.1, -0.05) is 24.3 Å². The molecule has 4 rings (SSSR count). The van der Waals surface area contributed by atoms with Gasteiger partial charge in [0.05, 0.1) is 18.4 Å². The number of aryl methyl sites for hydroxylation is 2. The summed E-state index contributed by atoms with van der Waals surface area (Å²) in [5, 5.41) is 3.55. The molecular formula is C23H23N3O2. The maximum Gasteiger partial charge on any atom is 0.258 e. The Hall–Kier alpha value is -3.34. The molecule has 3 aromatic rings. The van der Waals surface area contributed by atoms with Crippen molar-refractivity contribution in [3.63, 3.8) is 0 Å². The number of carbonyl (C=O) groups is 1. The standard InChI is InChI=1S/C23H23N3O2/c1-15-6-7-16(2)20(13-15)25-22-21-19(5-4-12-24-21)23(27)26(22)14-17-8-10-18(28-3)11-9-17/h4-13,22,25H,14H2,1-3H3/t22-/m0/s1. The molecule has 5 heteroatoms. The van der Waals surface area contributed by atoms with Gasteiger partial charge < -0.3 is 15.0 Å². The molecule has 5 nitrogen and oxygen atoms in total. The van der Waals surface area contributed by atoms with Gasteiger partial charge in [-0.05, 0) is 60.9 Å². The molecule has 2 aromatic carbocycles. The van der Waals surface area contributed by atoms with Gasteiger partial charge in [-0.15, -0.1) is 0 Å². The zero-order valence-corrected chi connectivity index (χ0v) is 16.3. The van der Waals surface area contributed by atoms with Crippen molar-refractivity contribution in [1.29, 1.82) is 0 Å². The molecule has 1 atom stereocenters. The van der Waals surface area contributed by atoms with E-state index in [1.165, 1.54) is 5.56 Å². The molecule has 0 spiro atoms. The topological polar surface area (TPSA) is 54.5 Å². The van der Waals surface area contributed by atoms with Gasteiger partial charge in [-0.2, -0.15) is 0 Å². The average Bonchev–Trinajstić information content (AvgIpc) is 2.97. The van der Waals surface area contributed by atoms with Crippen LogP contribution >= 0.6 is 0 Å². The first kappa shape index (κ1) is 18.0. The van der Waals surface area contributed by atoms with Gasteiger partial charge in [-0.25, -0.2) is 0 Å². The van der Waals surface area contributed by atoms with E-state index in [-0.39, 0.29) is 12.1 Å². The molecule has 0 saturated carbocycles. The van der Waals surface area contributed by atoms with Crippen molar-refractivity contribution in [3.8, 4) is 5.75 Å². The number of amides is 1. The lowest BCUT2D eigenvalue weighted by atomic mass is 10.1. The minimum atomic E-state index is -0.314. The van der Waals surface area contributed by atoms with E-state index in [1.54, 1.807) is 13.3 Å². The number of hydrogen-bond donors (Lipinski definition) is 1. The molecule has 0 aliphatic carbocycles. The van der Waals surface area contributed by atoms with Gasteiger partial charge in [0.25, 0.3) is 5.91 Å². The lowest BCUT2D eigenvalue weighted by Crippen LogP contribution is -2.32. The number of nitrogens with one attached hydrogen (secondary N) is 1. The van der Waals surface area contributed by atoms with Gasteiger partial charge in [0.2, 0.25) is 0 Å². The Bertz CT molecular complexity index is 1010. The number of benzene rings is 2.